The number of tetrazole rings is 1. The van der Waals surface area contributed by atoms with Gasteiger partial charge >= 0.3 is 6.61 Å². The summed E-state index contributed by atoms with van der Waals surface area (Å²) in [6.07, 6.45) is 0. The Kier molecular flexibility index (Phi) is 5.95. The van der Waals surface area contributed by atoms with Crippen molar-refractivity contribution in [3.8, 4) is 11.5 Å². The number of aromatic nitrogens is 4. The van der Waals surface area contributed by atoms with Gasteiger partial charge in [0.1, 0.15) is 6.04 Å². The number of alkyl halides is 2. The lowest BCUT2D eigenvalue weighted by Gasteiger charge is -2.28. The van der Waals surface area contributed by atoms with E-state index in [-0.39, 0.29) is 17.4 Å². The Balaban J connectivity index is 1.76. The molecule has 1 amide bonds. The largest absolute Gasteiger partial charge is 0.493 e. The molecule has 9 nitrogen and oxygen atoms in total. The van der Waals surface area contributed by atoms with Crippen molar-refractivity contribution >= 4 is 17.5 Å². The molecule has 2 heterocycles. The molecule has 0 saturated heterocycles. The summed E-state index contributed by atoms with van der Waals surface area (Å²) in [5.41, 5.74) is 4.13. The van der Waals surface area contributed by atoms with Gasteiger partial charge in [-0.25, -0.2) is 0 Å². The third kappa shape index (κ3) is 4.34. The predicted octanol–water partition coefficient (Wildman–Crippen LogP) is 3.83. The lowest BCUT2D eigenvalue weighted by molar-refractivity contribution is -0.113. The van der Waals surface area contributed by atoms with Gasteiger partial charge in [-0.15, -0.1) is 0 Å². The molecule has 1 atom stereocenters. The normalized spacial score (nSPS) is 15.2. The molecule has 0 bridgehead atoms. The number of nitrogens with zero attached hydrogens (tertiary/aromatic N) is 4. The van der Waals surface area contributed by atoms with Gasteiger partial charge in [-0.1, -0.05) is 28.9 Å². The number of hydrogen-bond acceptors (Lipinski definition) is 7. The summed E-state index contributed by atoms with van der Waals surface area (Å²) < 4.78 is 36.7. The summed E-state index contributed by atoms with van der Waals surface area (Å²) in [6, 6.07) is 9.44. The average Bonchev–Trinajstić information content (AvgIpc) is 3.22. The van der Waals surface area contributed by atoms with Gasteiger partial charge in [0.15, 0.2) is 11.5 Å². The van der Waals surface area contributed by atoms with E-state index in [1.54, 1.807) is 13.0 Å². The van der Waals surface area contributed by atoms with Crippen LogP contribution in [0.1, 0.15) is 29.7 Å². The van der Waals surface area contributed by atoms with Crippen LogP contribution in [-0.2, 0) is 4.79 Å². The maximum atomic E-state index is 13.5. The number of amides is 1. The second-order valence-corrected chi connectivity index (χ2v) is 7.57. The van der Waals surface area contributed by atoms with E-state index in [4.69, 9.17) is 4.74 Å². The van der Waals surface area contributed by atoms with Crippen LogP contribution in [-0.4, -0.2) is 39.8 Å². The number of methoxy groups -OCH3 is 1. The van der Waals surface area contributed by atoms with Crippen molar-refractivity contribution in [1.82, 2.24) is 20.2 Å². The highest BCUT2D eigenvalue weighted by Crippen LogP contribution is 2.39. The molecular weight excluding hydrogens is 434 g/mol. The molecule has 1 unspecified atom stereocenters. The quantitative estimate of drug-likeness (QED) is 0.581. The lowest BCUT2D eigenvalue weighted by atomic mass is 9.94. The van der Waals surface area contributed by atoms with Crippen molar-refractivity contribution in [1.29, 1.82) is 0 Å². The Labute approximate surface area is 188 Å². The van der Waals surface area contributed by atoms with E-state index in [0.717, 1.165) is 11.1 Å². The van der Waals surface area contributed by atoms with E-state index in [2.05, 4.69) is 30.9 Å². The Morgan fingerprint density at radius 1 is 1.15 bits per heavy atom. The maximum absolute atomic E-state index is 13.5. The second-order valence-electron chi connectivity index (χ2n) is 7.57. The first-order valence-electron chi connectivity index (χ1n) is 10.1. The van der Waals surface area contributed by atoms with E-state index in [9.17, 15) is 13.6 Å². The number of rotatable bonds is 6. The Morgan fingerprint density at radius 3 is 2.64 bits per heavy atom. The van der Waals surface area contributed by atoms with E-state index in [1.165, 1.54) is 23.9 Å². The fraction of sp³-hybridized carbons (Fsp3) is 0.273. The van der Waals surface area contributed by atoms with Gasteiger partial charge in [-0.3, -0.25) is 4.79 Å². The zero-order chi connectivity index (χ0) is 23.7. The zero-order valence-corrected chi connectivity index (χ0v) is 18.4. The van der Waals surface area contributed by atoms with Gasteiger partial charge in [0.2, 0.25) is 5.95 Å². The highest BCUT2D eigenvalue weighted by Gasteiger charge is 2.34. The highest BCUT2D eigenvalue weighted by atomic mass is 19.3. The molecule has 33 heavy (non-hydrogen) atoms. The van der Waals surface area contributed by atoms with Crippen LogP contribution < -0.4 is 20.1 Å². The first-order chi connectivity index (χ1) is 15.8. The molecule has 0 spiro atoms. The Hall–Kier alpha value is -4.02. The van der Waals surface area contributed by atoms with Crippen LogP contribution in [0.4, 0.5) is 20.4 Å². The molecule has 0 saturated carbocycles. The van der Waals surface area contributed by atoms with Crippen LogP contribution in [0.2, 0.25) is 0 Å². The Morgan fingerprint density at radius 2 is 1.94 bits per heavy atom. The number of ether oxygens (including phenoxy) is 2. The first kappa shape index (κ1) is 22.2. The summed E-state index contributed by atoms with van der Waals surface area (Å²) in [5.74, 6) is -0.0470. The molecular formula is C22H22F2N6O3. The molecule has 4 rings (SSSR count). The number of benzene rings is 2. The molecule has 172 valence electrons. The number of anilines is 2. The van der Waals surface area contributed by atoms with Gasteiger partial charge in [0.25, 0.3) is 5.91 Å². The fourth-order valence-corrected chi connectivity index (χ4v) is 3.81. The molecule has 2 N–H and O–H groups in total. The van der Waals surface area contributed by atoms with Gasteiger partial charge in [-0.05, 0) is 60.5 Å². The average molecular weight is 456 g/mol. The topological polar surface area (TPSA) is 103 Å². The highest BCUT2D eigenvalue weighted by molar-refractivity contribution is 6.06. The molecule has 1 aliphatic heterocycles. The zero-order valence-electron chi connectivity index (χ0n) is 18.4. The standard InChI is InChI=1S/C22H22F2N6O3/c1-11-5-7-15(12(2)9-11)26-20(31)18-13(3)25-22-27-28-29-30(22)19(18)14-6-8-16(33-21(23)24)17(10-14)32-4/h5-10,19,21H,1-4H3,(H,26,31)(H,25,27,29). The van der Waals surface area contributed by atoms with Gasteiger partial charge < -0.3 is 20.1 Å². The van der Waals surface area contributed by atoms with Crippen molar-refractivity contribution < 1.29 is 23.0 Å². The minimum atomic E-state index is -3.00. The number of hydrogen-bond donors (Lipinski definition) is 2. The number of allylic oxidation sites excluding steroid dienone is 1. The van der Waals surface area contributed by atoms with Crippen molar-refractivity contribution in [2.45, 2.75) is 33.4 Å². The van der Waals surface area contributed by atoms with Crippen LogP contribution in [0, 0.1) is 13.8 Å². The van der Waals surface area contributed by atoms with Crippen LogP contribution >= 0.6 is 0 Å². The maximum Gasteiger partial charge on any atom is 0.387 e. The van der Waals surface area contributed by atoms with E-state index in [1.807, 2.05) is 32.0 Å². The minimum Gasteiger partial charge on any atom is -0.493 e. The molecule has 0 radical (unpaired) electrons. The van der Waals surface area contributed by atoms with E-state index in [0.29, 0.717) is 28.5 Å². The molecule has 3 aromatic rings. The Bertz CT molecular complexity index is 1240. The summed E-state index contributed by atoms with van der Waals surface area (Å²) in [5, 5.41) is 17.7. The van der Waals surface area contributed by atoms with Gasteiger partial charge in [0, 0.05) is 11.4 Å². The van der Waals surface area contributed by atoms with E-state index >= 15 is 0 Å². The van der Waals surface area contributed by atoms with Gasteiger partial charge in [0.05, 0.1) is 12.7 Å². The second kappa shape index (κ2) is 8.85. The third-order valence-corrected chi connectivity index (χ3v) is 5.31. The summed E-state index contributed by atoms with van der Waals surface area (Å²) in [7, 11) is 1.34. The number of carbonyl (C=O) groups is 1. The first-order valence-corrected chi connectivity index (χ1v) is 10.1. The van der Waals surface area contributed by atoms with E-state index < -0.39 is 12.7 Å². The molecule has 2 aromatic carbocycles. The third-order valence-electron chi connectivity index (χ3n) is 5.31. The summed E-state index contributed by atoms with van der Waals surface area (Å²) >= 11 is 0. The minimum absolute atomic E-state index is 0.0905. The van der Waals surface area contributed by atoms with Crippen LogP contribution in [0.5, 0.6) is 11.5 Å². The lowest BCUT2D eigenvalue weighted by Crippen LogP contribution is -2.31. The number of carbonyl (C=O) groups excluding carboxylic acids is 1. The smallest absolute Gasteiger partial charge is 0.387 e. The SMILES string of the molecule is COc1cc(C2C(C(=O)Nc3ccc(C)cc3C)=C(C)Nc3nnnn32)ccc1OC(F)F. The molecule has 0 aliphatic carbocycles. The van der Waals surface area contributed by atoms with Gasteiger partial charge in [-0.2, -0.15) is 13.5 Å². The molecule has 11 heteroatoms. The van der Waals surface area contributed by atoms with Crippen LogP contribution in [0.15, 0.2) is 47.7 Å². The number of halogens is 2. The van der Waals surface area contributed by atoms with Crippen molar-refractivity contribution in [2.75, 3.05) is 17.7 Å². The van der Waals surface area contributed by atoms with Crippen LogP contribution in [0.3, 0.4) is 0 Å². The summed E-state index contributed by atoms with van der Waals surface area (Å²) in [4.78, 5) is 13.5. The molecule has 1 aromatic heterocycles. The number of aryl methyl sites for hydroxylation is 2. The molecule has 1 aliphatic rings. The van der Waals surface area contributed by atoms with Crippen molar-refractivity contribution in [3.05, 3.63) is 64.4 Å². The summed E-state index contributed by atoms with van der Waals surface area (Å²) in [6.45, 7) is 2.62. The van der Waals surface area contributed by atoms with Crippen molar-refractivity contribution in [2.24, 2.45) is 0 Å². The number of fused-ring (bicyclic) bond motifs is 1. The molecule has 0 fully saturated rings. The van der Waals surface area contributed by atoms with Crippen LogP contribution in [0.25, 0.3) is 0 Å². The number of nitrogens with one attached hydrogen (secondary N) is 2. The predicted molar refractivity (Wildman–Crippen MR) is 116 cm³/mol. The monoisotopic (exact) mass is 456 g/mol. The van der Waals surface area contributed by atoms with Crippen molar-refractivity contribution in [3.63, 3.8) is 0 Å². The fourth-order valence-electron chi connectivity index (χ4n) is 3.81.